The molecule has 2 N–H and O–H groups in total. The van der Waals surface area contributed by atoms with Gasteiger partial charge in [0.05, 0.1) is 17.4 Å². The lowest BCUT2D eigenvalue weighted by Crippen LogP contribution is -2.13. The van der Waals surface area contributed by atoms with Gasteiger partial charge in [-0.25, -0.2) is 9.78 Å². The van der Waals surface area contributed by atoms with E-state index in [9.17, 15) is 9.59 Å². The highest BCUT2D eigenvalue weighted by atomic mass is 35.5. The second-order valence-electron chi connectivity index (χ2n) is 3.61. The number of aryl methyl sites for hydroxylation is 1. The Morgan fingerprint density at radius 2 is 2.16 bits per heavy atom. The SMILES string of the molecule is Cc1cc(NC(=O)c2cncc(Cl)n2)sc1C(=O)O. The van der Waals surface area contributed by atoms with E-state index in [2.05, 4.69) is 15.3 Å². The van der Waals surface area contributed by atoms with Gasteiger partial charge in [-0.05, 0) is 18.6 Å². The number of aromatic carboxylic acids is 1. The van der Waals surface area contributed by atoms with Gasteiger partial charge in [-0.15, -0.1) is 11.3 Å². The van der Waals surface area contributed by atoms with Gasteiger partial charge in [0.1, 0.15) is 15.7 Å². The third kappa shape index (κ3) is 3.07. The Morgan fingerprint density at radius 3 is 2.74 bits per heavy atom. The zero-order valence-electron chi connectivity index (χ0n) is 9.68. The standard InChI is InChI=1S/C11H8ClN3O3S/c1-5-2-8(19-9(5)11(17)18)15-10(16)6-3-13-4-7(12)14-6/h2-4H,1H3,(H,15,16)(H,17,18). The lowest BCUT2D eigenvalue weighted by molar-refractivity contribution is 0.0701. The summed E-state index contributed by atoms with van der Waals surface area (Å²) in [6.07, 6.45) is 2.59. The summed E-state index contributed by atoms with van der Waals surface area (Å²) < 4.78 is 0. The number of carbonyl (C=O) groups excluding carboxylic acids is 1. The van der Waals surface area contributed by atoms with Crippen LogP contribution in [0.3, 0.4) is 0 Å². The van der Waals surface area contributed by atoms with Gasteiger partial charge in [0, 0.05) is 0 Å². The van der Waals surface area contributed by atoms with Gasteiger partial charge < -0.3 is 10.4 Å². The van der Waals surface area contributed by atoms with Crippen LogP contribution in [-0.2, 0) is 0 Å². The number of anilines is 1. The van der Waals surface area contributed by atoms with Crippen LogP contribution in [0.15, 0.2) is 18.5 Å². The molecule has 0 saturated heterocycles. The van der Waals surface area contributed by atoms with Crippen molar-refractivity contribution in [2.24, 2.45) is 0 Å². The quantitative estimate of drug-likeness (QED) is 0.908. The first-order valence-corrected chi connectivity index (χ1v) is 6.29. The molecule has 2 aromatic rings. The van der Waals surface area contributed by atoms with Gasteiger partial charge in [-0.1, -0.05) is 11.6 Å². The number of amides is 1. The summed E-state index contributed by atoms with van der Waals surface area (Å²) in [5.74, 6) is -1.52. The predicted molar refractivity (Wildman–Crippen MR) is 71.0 cm³/mol. The third-order valence-electron chi connectivity index (χ3n) is 2.19. The van der Waals surface area contributed by atoms with Crippen molar-refractivity contribution in [1.29, 1.82) is 0 Å². The highest BCUT2D eigenvalue weighted by Gasteiger charge is 2.15. The molecule has 0 aromatic carbocycles. The number of nitrogens with one attached hydrogen (secondary N) is 1. The molecule has 0 fully saturated rings. The van der Waals surface area contributed by atoms with E-state index in [1.807, 2.05) is 0 Å². The highest BCUT2D eigenvalue weighted by Crippen LogP contribution is 2.26. The molecule has 2 aromatic heterocycles. The number of thiophene rings is 1. The Bertz CT molecular complexity index is 656. The van der Waals surface area contributed by atoms with Crippen molar-refractivity contribution in [2.45, 2.75) is 6.92 Å². The molecule has 1 amide bonds. The van der Waals surface area contributed by atoms with Crippen molar-refractivity contribution in [2.75, 3.05) is 5.32 Å². The average molecular weight is 298 g/mol. The molecule has 2 rings (SSSR count). The Kier molecular flexibility index (Phi) is 3.77. The van der Waals surface area contributed by atoms with Crippen LogP contribution in [-0.4, -0.2) is 27.0 Å². The first-order valence-electron chi connectivity index (χ1n) is 5.10. The fourth-order valence-corrected chi connectivity index (χ4v) is 2.44. The topological polar surface area (TPSA) is 92.2 Å². The number of hydrogen-bond donors (Lipinski definition) is 2. The normalized spacial score (nSPS) is 10.2. The number of carboxylic acids is 1. The smallest absolute Gasteiger partial charge is 0.346 e. The summed E-state index contributed by atoms with van der Waals surface area (Å²) in [7, 11) is 0. The molecular weight excluding hydrogens is 290 g/mol. The van der Waals surface area contributed by atoms with Crippen molar-refractivity contribution >= 4 is 39.8 Å². The summed E-state index contributed by atoms with van der Waals surface area (Å²) in [5, 5.41) is 12.0. The molecule has 0 saturated carbocycles. The van der Waals surface area contributed by atoms with Crippen molar-refractivity contribution < 1.29 is 14.7 Å². The highest BCUT2D eigenvalue weighted by molar-refractivity contribution is 7.18. The first-order chi connectivity index (χ1) is 8.97. The van der Waals surface area contributed by atoms with Crippen LogP contribution in [0.2, 0.25) is 5.15 Å². The third-order valence-corrected chi connectivity index (χ3v) is 3.51. The number of nitrogens with zero attached hydrogens (tertiary/aromatic N) is 2. The van der Waals surface area contributed by atoms with Crippen LogP contribution < -0.4 is 5.32 Å². The van der Waals surface area contributed by atoms with Crippen molar-refractivity contribution in [3.8, 4) is 0 Å². The van der Waals surface area contributed by atoms with Gasteiger partial charge in [-0.2, -0.15) is 0 Å². The van der Waals surface area contributed by atoms with Crippen LogP contribution in [0.5, 0.6) is 0 Å². The molecule has 0 atom stereocenters. The molecule has 98 valence electrons. The molecule has 0 unspecified atom stereocenters. The predicted octanol–water partition coefficient (Wildman–Crippen LogP) is 2.45. The largest absolute Gasteiger partial charge is 0.477 e. The van der Waals surface area contributed by atoms with Gasteiger partial charge in [0.15, 0.2) is 0 Å². The number of rotatable bonds is 3. The monoisotopic (exact) mass is 297 g/mol. The van der Waals surface area contributed by atoms with Gasteiger partial charge >= 0.3 is 5.97 Å². The maximum atomic E-state index is 11.8. The van der Waals surface area contributed by atoms with E-state index in [1.54, 1.807) is 13.0 Å². The van der Waals surface area contributed by atoms with E-state index in [1.165, 1.54) is 12.4 Å². The summed E-state index contributed by atoms with van der Waals surface area (Å²) >= 11 is 6.62. The average Bonchev–Trinajstić information content (AvgIpc) is 2.70. The Balaban J connectivity index is 2.20. The first kappa shape index (κ1) is 13.4. The van der Waals surface area contributed by atoms with Crippen molar-refractivity contribution in [1.82, 2.24) is 9.97 Å². The van der Waals surface area contributed by atoms with Crippen LogP contribution in [0, 0.1) is 6.92 Å². The van der Waals surface area contributed by atoms with Crippen LogP contribution >= 0.6 is 22.9 Å². The fourth-order valence-electron chi connectivity index (χ4n) is 1.38. The minimum absolute atomic E-state index is 0.0652. The molecule has 0 radical (unpaired) electrons. The minimum Gasteiger partial charge on any atom is -0.477 e. The van der Waals surface area contributed by atoms with Crippen LogP contribution in [0.4, 0.5) is 5.00 Å². The fraction of sp³-hybridized carbons (Fsp3) is 0.0909. The Morgan fingerprint density at radius 1 is 1.42 bits per heavy atom. The zero-order valence-corrected chi connectivity index (χ0v) is 11.2. The molecule has 0 spiro atoms. The Hall–Kier alpha value is -1.99. The summed E-state index contributed by atoms with van der Waals surface area (Å²) in [6.45, 7) is 1.66. The second kappa shape index (κ2) is 5.33. The molecule has 0 aliphatic heterocycles. The van der Waals surface area contributed by atoms with E-state index in [0.717, 1.165) is 11.3 Å². The van der Waals surface area contributed by atoms with Crippen LogP contribution in [0.1, 0.15) is 25.7 Å². The van der Waals surface area contributed by atoms with Crippen molar-refractivity contribution in [3.63, 3.8) is 0 Å². The molecule has 0 aliphatic rings. The lowest BCUT2D eigenvalue weighted by Gasteiger charge is -2.01. The second-order valence-corrected chi connectivity index (χ2v) is 5.05. The number of hydrogen-bond acceptors (Lipinski definition) is 5. The molecule has 8 heteroatoms. The van der Waals surface area contributed by atoms with Crippen LogP contribution in [0.25, 0.3) is 0 Å². The van der Waals surface area contributed by atoms with Crippen molar-refractivity contribution in [3.05, 3.63) is 39.7 Å². The summed E-state index contributed by atoms with van der Waals surface area (Å²) in [6, 6.07) is 1.59. The maximum absolute atomic E-state index is 11.8. The van der Waals surface area contributed by atoms with E-state index in [0.29, 0.717) is 10.6 Å². The number of carboxylic acid groups (broad SMARTS) is 1. The molecule has 0 aliphatic carbocycles. The van der Waals surface area contributed by atoms with Gasteiger partial charge in [0.2, 0.25) is 0 Å². The zero-order chi connectivity index (χ0) is 14.0. The maximum Gasteiger partial charge on any atom is 0.346 e. The molecule has 19 heavy (non-hydrogen) atoms. The summed E-state index contributed by atoms with van der Waals surface area (Å²) in [5.41, 5.74) is 0.653. The molecular formula is C11H8ClN3O3S. The Labute approximate surface area is 117 Å². The van der Waals surface area contributed by atoms with Gasteiger partial charge in [0.25, 0.3) is 5.91 Å². The molecule has 6 nitrogen and oxygen atoms in total. The summed E-state index contributed by atoms with van der Waals surface area (Å²) in [4.78, 5) is 30.5. The number of aromatic nitrogens is 2. The lowest BCUT2D eigenvalue weighted by atomic mass is 10.3. The number of carbonyl (C=O) groups is 2. The molecule has 0 bridgehead atoms. The molecule has 2 heterocycles. The minimum atomic E-state index is -1.02. The van der Waals surface area contributed by atoms with E-state index < -0.39 is 11.9 Å². The van der Waals surface area contributed by atoms with E-state index in [-0.39, 0.29) is 15.7 Å². The van der Waals surface area contributed by atoms with E-state index >= 15 is 0 Å². The van der Waals surface area contributed by atoms with E-state index in [4.69, 9.17) is 16.7 Å². The number of halogens is 1. The van der Waals surface area contributed by atoms with Gasteiger partial charge in [-0.3, -0.25) is 9.78 Å².